The van der Waals surface area contributed by atoms with Gasteiger partial charge in [-0.1, -0.05) is 60.7 Å². The zero-order chi connectivity index (χ0) is 31.6. The molecule has 0 amide bonds. The van der Waals surface area contributed by atoms with Gasteiger partial charge in [-0.05, 0) is 83.9 Å². The first-order valence-corrected chi connectivity index (χ1v) is 16.4. The first-order valence-electron chi connectivity index (χ1n) is 16.4. The minimum Gasteiger partial charge on any atom is -0.476 e. The zero-order valence-corrected chi connectivity index (χ0v) is 26.1. The molecule has 0 unspecified atom stereocenters. The van der Waals surface area contributed by atoms with E-state index < -0.39 is 0 Å². The minimum absolute atomic E-state index is 0.642. The molecule has 4 heterocycles. The lowest BCUT2D eigenvalue weighted by Crippen LogP contribution is -2.03. The standard InChI is InChI=1S/C42H30N4O2/c1-3-13-37-33(11-1)35-25-27(15-17-39(35)45(37)31-9-5-7-29(23-31)41-43-19-21-47-41)28-16-18-40-36(26-28)34-12-2-4-14-38(34)46(40)32-10-6-8-30(24-32)42-44-20-22-48-42/h1-18,23-26H,19-22H2. The Hall–Kier alpha value is -6.14. The van der Waals surface area contributed by atoms with E-state index in [-0.39, 0.29) is 0 Å². The maximum atomic E-state index is 5.79. The summed E-state index contributed by atoms with van der Waals surface area (Å²) in [6.45, 7) is 2.71. The average molecular weight is 623 g/mol. The zero-order valence-electron chi connectivity index (χ0n) is 26.1. The molecule has 2 aliphatic heterocycles. The number of para-hydroxylation sites is 2. The number of nitrogens with zero attached hydrogens (tertiary/aromatic N) is 4. The molecule has 6 aromatic carbocycles. The maximum absolute atomic E-state index is 5.79. The van der Waals surface area contributed by atoms with Crippen molar-refractivity contribution in [3.05, 3.63) is 145 Å². The minimum atomic E-state index is 0.642. The van der Waals surface area contributed by atoms with E-state index >= 15 is 0 Å². The Kier molecular flexibility index (Phi) is 6.03. The fraction of sp³-hybridized carbons (Fsp3) is 0.0952. The summed E-state index contributed by atoms with van der Waals surface area (Å²) in [6.07, 6.45) is 0. The molecule has 0 spiro atoms. The highest BCUT2D eigenvalue weighted by Gasteiger charge is 2.18. The molecule has 0 fully saturated rings. The Bertz CT molecular complexity index is 2460. The summed E-state index contributed by atoms with van der Waals surface area (Å²) in [7, 11) is 0. The molecular formula is C42H30N4O2. The molecule has 8 aromatic rings. The van der Waals surface area contributed by atoms with Crippen molar-refractivity contribution in [1.29, 1.82) is 0 Å². The van der Waals surface area contributed by atoms with Crippen molar-refractivity contribution >= 4 is 55.4 Å². The third kappa shape index (κ3) is 4.19. The second kappa shape index (κ2) is 10.7. The van der Waals surface area contributed by atoms with Gasteiger partial charge in [-0.2, -0.15) is 0 Å². The molecule has 0 radical (unpaired) electrons. The lowest BCUT2D eigenvalue weighted by molar-refractivity contribution is 0.348. The number of aliphatic imine (C=N–C) groups is 2. The Morgan fingerprint density at radius 1 is 0.396 bits per heavy atom. The van der Waals surface area contributed by atoms with Crippen LogP contribution in [0.3, 0.4) is 0 Å². The summed E-state index contributed by atoms with van der Waals surface area (Å²) in [6, 6.07) is 48.0. The van der Waals surface area contributed by atoms with Gasteiger partial charge in [-0.3, -0.25) is 0 Å². The number of aromatic nitrogens is 2. The van der Waals surface area contributed by atoms with Crippen LogP contribution in [0.25, 0.3) is 66.1 Å². The normalized spacial score (nSPS) is 14.5. The number of fused-ring (bicyclic) bond motifs is 6. The lowest BCUT2D eigenvalue weighted by Gasteiger charge is -2.11. The third-order valence-electron chi connectivity index (χ3n) is 9.55. The summed E-state index contributed by atoms with van der Waals surface area (Å²) in [5.74, 6) is 1.45. The smallest absolute Gasteiger partial charge is 0.216 e. The first-order chi connectivity index (χ1) is 23.8. The van der Waals surface area contributed by atoms with Crippen LogP contribution in [-0.4, -0.2) is 47.2 Å². The Morgan fingerprint density at radius 3 is 1.31 bits per heavy atom. The lowest BCUT2D eigenvalue weighted by atomic mass is 10.0. The van der Waals surface area contributed by atoms with Crippen molar-refractivity contribution in [1.82, 2.24) is 9.13 Å². The fourth-order valence-corrected chi connectivity index (χ4v) is 7.44. The third-order valence-corrected chi connectivity index (χ3v) is 9.55. The van der Waals surface area contributed by atoms with Crippen LogP contribution < -0.4 is 0 Å². The summed E-state index contributed by atoms with van der Waals surface area (Å²) >= 11 is 0. The highest BCUT2D eigenvalue weighted by molar-refractivity contribution is 6.13. The number of rotatable bonds is 5. The number of hydrogen-bond acceptors (Lipinski definition) is 4. The SMILES string of the molecule is c1cc(C2=NCCO2)cc(-n2c3ccccc3c3cc(-c4ccc5c(c4)c4ccccc4n5-c4cccc(C5=NCCO5)c4)ccc32)c1. The van der Waals surface area contributed by atoms with Crippen LogP contribution in [-0.2, 0) is 9.47 Å². The van der Waals surface area contributed by atoms with Gasteiger partial charge >= 0.3 is 0 Å². The molecular weight excluding hydrogens is 592 g/mol. The van der Waals surface area contributed by atoms with Crippen molar-refractivity contribution < 1.29 is 9.47 Å². The van der Waals surface area contributed by atoms with Gasteiger partial charge in [0, 0.05) is 44.0 Å². The second-order valence-corrected chi connectivity index (χ2v) is 12.3. The van der Waals surface area contributed by atoms with Crippen LogP contribution in [0.1, 0.15) is 11.1 Å². The van der Waals surface area contributed by atoms with Gasteiger partial charge in [0.15, 0.2) is 0 Å². The van der Waals surface area contributed by atoms with E-state index in [1.165, 1.54) is 54.7 Å². The largest absolute Gasteiger partial charge is 0.476 e. The number of ether oxygens (including phenoxy) is 2. The molecule has 230 valence electrons. The van der Waals surface area contributed by atoms with Gasteiger partial charge in [0.2, 0.25) is 11.8 Å². The predicted octanol–water partition coefficient (Wildman–Crippen LogP) is 9.10. The van der Waals surface area contributed by atoms with E-state index in [0.717, 1.165) is 34.3 Å². The van der Waals surface area contributed by atoms with E-state index in [4.69, 9.17) is 9.47 Å². The molecule has 0 aliphatic carbocycles. The van der Waals surface area contributed by atoms with Crippen molar-refractivity contribution in [3.63, 3.8) is 0 Å². The van der Waals surface area contributed by atoms with Crippen LogP contribution in [0.2, 0.25) is 0 Å². The molecule has 0 N–H and O–H groups in total. The van der Waals surface area contributed by atoms with Gasteiger partial charge in [-0.15, -0.1) is 0 Å². The highest BCUT2D eigenvalue weighted by atomic mass is 16.5. The quantitative estimate of drug-likeness (QED) is 0.192. The van der Waals surface area contributed by atoms with Gasteiger partial charge in [0.1, 0.15) is 13.2 Å². The van der Waals surface area contributed by atoms with E-state index in [0.29, 0.717) is 26.3 Å². The topological polar surface area (TPSA) is 53.0 Å². The summed E-state index contributed by atoms with van der Waals surface area (Å²) in [5, 5.41) is 4.89. The van der Waals surface area contributed by atoms with Gasteiger partial charge in [0.25, 0.3) is 0 Å². The molecule has 48 heavy (non-hydrogen) atoms. The number of benzene rings is 6. The summed E-state index contributed by atoms with van der Waals surface area (Å²) in [4.78, 5) is 9.10. The first kappa shape index (κ1) is 27.0. The molecule has 6 nitrogen and oxygen atoms in total. The van der Waals surface area contributed by atoms with Gasteiger partial charge in [0.05, 0.1) is 35.2 Å². The average Bonchev–Trinajstić information content (AvgIpc) is 3.97. The van der Waals surface area contributed by atoms with Crippen LogP contribution in [0.4, 0.5) is 0 Å². The molecule has 2 aliphatic rings. The van der Waals surface area contributed by atoms with Crippen LogP contribution >= 0.6 is 0 Å². The Morgan fingerprint density at radius 2 is 0.854 bits per heavy atom. The van der Waals surface area contributed by atoms with Crippen LogP contribution in [0.5, 0.6) is 0 Å². The van der Waals surface area contributed by atoms with Gasteiger partial charge in [-0.25, -0.2) is 9.98 Å². The second-order valence-electron chi connectivity index (χ2n) is 12.3. The van der Waals surface area contributed by atoms with Crippen LogP contribution in [0.15, 0.2) is 143 Å². The Labute approximate surface area is 276 Å². The molecule has 0 saturated heterocycles. The summed E-state index contributed by atoms with van der Waals surface area (Å²) < 4.78 is 16.3. The molecule has 10 rings (SSSR count). The van der Waals surface area contributed by atoms with E-state index in [1.807, 2.05) is 0 Å². The van der Waals surface area contributed by atoms with Crippen molar-refractivity contribution in [2.75, 3.05) is 26.3 Å². The van der Waals surface area contributed by atoms with Crippen molar-refractivity contribution in [2.24, 2.45) is 9.98 Å². The van der Waals surface area contributed by atoms with Crippen molar-refractivity contribution in [3.8, 4) is 22.5 Å². The van der Waals surface area contributed by atoms with Gasteiger partial charge < -0.3 is 18.6 Å². The molecule has 6 heteroatoms. The van der Waals surface area contributed by atoms with Crippen LogP contribution in [0, 0.1) is 0 Å². The fourth-order valence-electron chi connectivity index (χ4n) is 7.44. The molecule has 0 bridgehead atoms. The molecule has 0 atom stereocenters. The van der Waals surface area contributed by atoms with Crippen molar-refractivity contribution in [2.45, 2.75) is 0 Å². The van der Waals surface area contributed by atoms with E-state index in [9.17, 15) is 0 Å². The highest BCUT2D eigenvalue weighted by Crippen LogP contribution is 2.38. The predicted molar refractivity (Wildman–Crippen MR) is 195 cm³/mol. The summed E-state index contributed by atoms with van der Waals surface area (Å²) in [5.41, 5.74) is 11.2. The molecule has 2 aromatic heterocycles. The van der Waals surface area contributed by atoms with E-state index in [2.05, 4.69) is 153 Å². The monoisotopic (exact) mass is 622 g/mol. The maximum Gasteiger partial charge on any atom is 0.216 e. The Balaban J connectivity index is 1.12. The number of hydrogen-bond donors (Lipinski definition) is 0. The molecule has 0 saturated carbocycles. The van der Waals surface area contributed by atoms with E-state index in [1.54, 1.807) is 0 Å².